The van der Waals surface area contributed by atoms with Crippen LogP contribution in [-0.2, 0) is 9.53 Å². The molecule has 0 aromatic heterocycles. The second kappa shape index (κ2) is 5.32. The van der Waals surface area contributed by atoms with Crippen molar-refractivity contribution < 1.29 is 9.53 Å². The number of rotatable bonds is 2. The Kier molecular flexibility index (Phi) is 3.79. The number of hydrogen-bond donors (Lipinski definition) is 0. The lowest BCUT2D eigenvalue weighted by Crippen LogP contribution is -2.38. The van der Waals surface area contributed by atoms with Crippen LogP contribution in [0.5, 0.6) is 0 Å². The molecule has 0 aliphatic carbocycles. The van der Waals surface area contributed by atoms with Crippen LogP contribution in [0.3, 0.4) is 0 Å². The molecule has 92 valence electrons. The first-order chi connectivity index (χ1) is 8.18. The summed E-state index contributed by atoms with van der Waals surface area (Å²) in [5.74, 6) is 0.0747. The summed E-state index contributed by atoms with van der Waals surface area (Å²) >= 11 is 0. The Morgan fingerprint density at radius 2 is 1.94 bits per heavy atom. The highest BCUT2D eigenvalue weighted by atomic mass is 16.5. The summed E-state index contributed by atoms with van der Waals surface area (Å²) in [4.78, 5) is 13.5. The van der Waals surface area contributed by atoms with Crippen LogP contribution in [0.4, 0.5) is 0 Å². The van der Waals surface area contributed by atoms with Gasteiger partial charge in [0.05, 0.1) is 6.10 Å². The van der Waals surface area contributed by atoms with Crippen LogP contribution in [0, 0.1) is 0 Å². The molecule has 0 spiro atoms. The quantitative estimate of drug-likeness (QED) is 0.785. The monoisotopic (exact) mass is 233 g/mol. The highest BCUT2D eigenvalue weighted by Crippen LogP contribution is 2.31. The van der Waals surface area contributed by atoms with E-state index in [4.69, 9.17) is 4.74 Å². The van der Waals surface area contributed by atoms with Crippen molar-refractivity contribution in [1.29, 1.82) is 0 Å². The van der Waals surface area contributed by atoms with Crippen molar-refractivity contribution in [3.63, 3.8) is 0 Å². The third-order valence-electron chi connectivity index (χ3n) is 3.15. The summed E-state index contributed by atoms with van der Waals surface area (Å²) in [6, 6.07) is 10.1. The van der Waals surface area contributed by atoms with Gasteiger partial charge < -0.3 is 9.64 Å². The molecule has 0 bridgehead atoms. The molecule has 1 fully saturated rings. The average Bonchev–Trinajstić information content (AvgIpc) is 2.39. The number of carbonyl (C=O) groups excluding carboxylic acids is 1. The third kappa shape index (κ3) is 2.86. The van der Waals surface area contributed by atoms with E-state index in [1.807, 2.05) is 18.2 Å². The van der Waals surface area contributed by atoms with E-state index >= 15 is 0 Å². The Labute approximate surface area is 102 Å². The normalized spacial score (nSPS) is 24.4. The fraction of sp³-hybridized carbons (Fsp3) is 0.500. The van der Waals surface area contributed by atoms with Crippen LogP contribution in [0.1, 0.15) is 30.9 Å². The van der Waals surface area contributed by atoms with Crippen molar-refractivity contribution in [3.05, 3.63) is 35.9 Å². The van der Waals surface area contributed by atoms with Crippen LogP contribution in [0.15, 0.2) is 30.3 Å². The van der Waals surface area contributed by atoms with E-state index in [2.05, 4.69) is 12.1 Å². The van der Waals surface area contributed by atoms with Crippen molar-refractivity contribution in [2.24, 2.45) is 0 Å². The Morgan fingerprint density at radius 1 is 1.24 bits per heavy atom. The first-order valence-corrected chi connectivity index (χ1v) is 6.10. The van der Waals surface area contributed by atoms with Crippen LogP contribution < -0.4 is 0 Å². The van der Waals surface area contributed by atoms with Gasteiger partial charge in [0.1, 0.15) is 6.10 Å². The van der Waals surface area contributed by atoms with Crippen LogP contribution in [0.2, 0.25) is 0 Å². The number of likely N-dealkylation sites (N-methyl/N-ethyl adjacent to an activating group) is 1. The summed E-state index contributed by atoms with van der Waals surface area (Å²) in [7, 11) is 3.55. The van der Waals surface area contributed by atoms with Crippen molar-refractivity contribution in [3.8, 4) is 0 Å². The molecule has 0 N–H and O–H groups in total. The molecule has 1 saturated heterocycles. The molecule has 1 unspecified atom stereocenters. The van der Waals surface area contributed by atoms with E-state index in [1.54, 1.807) is 19.0 Å². The predicted molar refractivity (Wildman–Crippen MR) is 66.6 cm³/mol. The smallest absolute Gasteiger partial charge is 0.251 e. The minimum Gasteiger partial charge on any atom is -0.360 e. The Balaban J connectivity index is 2.05. The lowest BCUT2D eigenvalue weighted by Gasteiger charge is -2.31. The van der Waals surface area contributed by atoms with Crippen molar-refractivity contribution >= 4 is 5.91 Å². The maximum atomic E-state index is 11.9. The molecule has 1 aliphatic rings. The van der Waals surface area contributed by atoms with Gasteiger partial charge in [-0.25, -0.2) is 0 Å². The highest BCUT2D eigenvalue weighted by Gasteiger charge is 2.29. The largest absolute Gasteiger partial charge is 0.360 e. The summed E-state index contributed by atoms with van der Waals surface area (Å²) in [5, 5.41) is 0. The van der Waals surface area contributed by atoms with Gasteiger partial charge in [0.15, 0.2) is 0 Å². The van der Waals surface area contributed by atoms with Gasteiger partial charge in [-0.05, 0) is 24.8 Å². The van der Waals surface area contributed by atoms with Gasteiger partial charge in [-0.15, -0.1) is 0 Å². The van der Waals surface area contributed by atoms with E-state index in [0.717, 1.165) is 19.3 Å². The van der Waals surface area contributed by atoms with Crippen molar-refractivity contribution in [2.45, 2.75) is 31.5 Å². The Morgan fingerprint density at radius 3 is 2.59 bits per heavy atom. The van der Waals surface area contributed by atoms with Gasteiger partial charge in [0.2, 0.25) is 0 Å². The number of ether oxygens (including phenoxy) is 1. The zero-order valence-electron chi connectivity index (χ0n) is 10.4. The van der Waals surface area contributed by atoms with E-state index in [9.17, 15) is 4.79 Å². The number of nitrogens with zero attached hydrogens (tertiary/aromatic N) is 1. The predicted octanol–water partition coefficient (Wildman–Crippen LogP) is 2.39. The van der Waals surface area contributed by atoms with Gasteiger partial charge in [0, 0.05) is 14.1 Å². The molecule has 2 rings (SSSR count). The minimum atomic E-state index is -0.274. The zero-order chi connectivity index (χ0) is 12.3. The first-order valence-electron chi connectivity index (χ1n) is 6.10. The van der Waals surface area contributed by atoms with E-state index in [1.165, 1.54) is 5.56 Å². The number of hydrogen-bond acceptors (Lipinski definition) is 2. The Bertz CT molecular complexity index is 375. The standard InChI is InChI=1S/C14H19NO2/c1-15(2)14(16)13-10-6-9-12(17-13)11-7-4-3-5-8-11/h3-5,7-8,12-13H,6,9-10H2,1-2H3/t12-,13?/m1/s1. The van der Waals surface area contributed by atoms with Gasteiger partial charge in [-0.2, -0.15) is 0 Å². The lowest BCUT2D eigenvalue weighted by atomic mass is 9.98. The van der Waals surface area contributed by atoms with Crippen LogP contribution >= 0.6 is 0 Å². The number of benzene rings is 1. The maximum absolute atomic E-state index is 11.9. The molecular formula is C14H19NO2. The minimum absolute atomic E-state index is 0.0684. The average molecular weight is 233 g/mol. The number of amides is 1. The van der Waals surface area contributed by atoms with Crippen LogP contribution in [-0.4, -0.2) is 31.0 Å². The second-order valence-electron chi connectivity index (χ2n) is 4.69. The molecule has 17 heavy (non-hydrogen) atoms. The number of carbonyl (C=O) groups is 1. The second-order valence-corrected chi connectivity index (χ2v) is 4.69. The molecule has 1 heterocycles. The van der Waals surface area contributed by atoms with Gasteiger partial charge in [-0.3, -0.25) is 4.79 Å². The molecule has 0 radical (unpaired) electrons. The topological polar surface area (TPSA) is 29.5 Å². The zero-order valence-corrected chi connectivity index (χ0v) is 10.4. The van der Waals surface area contributed by atoms with Gasteiger partial charge in [0.25, 0.3) is 5.91 Å². The summed E-state index contributed by atoms with van der Waals surface area (Å²) < 4.78 is 5.90. The van der Waals surface area contributed by atoms with E-state index in [-0.39, 0.29) is 18.1 Å². The molecule has 2 atom stereocenters. The molecule has 1 amide bonds. The molecule has 1 aliphatic heterocycles. The summed E-state index contributed by atoms with van der Waals surface area (Å²) in [6.45, 7) is 0. The van der Waals surface area contributed by atoms with Gasteiger partial charge >= 0.3 is 0 Å². The maximum Gasteiger partial charge on any atom is 0.251 e. The van der Waals surface area contributed by atoms with Crippen molar-refractivity contribution in [2.75, 3.05) is 14.1 Å². The Hall–Kier alpha value is -1.35. The van der Waals surface area contributed by atoms with E-state index < -0.39 is 0 Å². The fourth-order valence-electron chi connectivity index (χ4n) is 2.21. The highest BCUT2D eigenvalue weighted by molar-refractivity contribution is 5.80. The molecule has 1 aromatic carbocycles. The van der Waals surface area contributed by atoms with Crippen LogP contribution in [0.25, 0.3) is 0 Å². The van der Waals surface area contributed by atoms with Crippen molar-refractivity contribution in [1.82, 2.24) is 4.90 Å². The third-order valence-corrected chi connectivity index (χ3v) is 3.15. The molecular weight excluding hydrogens is 214 g/mol. The SMILES string of the molecule is CN(C)C(=O)C1CCC[C@H](c2ccccc2)O1. The van der Waals surface area contributed by atoms with E-state index in [0.29, 0.717) is 0 Å². The summed E-state index contributed by atoms with van der Waals surface area (Å²) in [6.07, 6.45) is 2.67. The molecule has 0 saturated carbocycles. The molecule has 3 heteroatoms. The summed E-state index contributed by atoms with van der Waals surface area (Å²) in [5.41, 5.74) is 1.17. The first kappa shape index (κ1) is 12.1. The molecule has 3 nitrogen and oxygen atoms in total. The van der Waals surface area contributed by atoms with Gasteiger partial charge in [-0.1, -0.05) is 30.3 Å². The molecule has 1 aromatic rings. The lowest BCUT2D eigenvalue weighted by molar-refractivity contribution is -0.150. The fourth-order valence-corrected chi connectivity index (χ4v) is 2.21.